The Morgan fingerprint density at radius 1 is 1.07 bits per heavy atom. The van der Waals surface area contributed by atoms with Crippen molar-refractivity contribution < 1.29 is 9.18 Å². The van der Waals surface area contributed by atoms with Crippen LogP contribution in [0.25, 0.3) is 5.69 Å². The van der Waals surface area contributed by atoms with E-state index >= 15 is 0 Å². The van der Waals surface area contributed by atoms with E-state index in [1.807, 2.05) is 19.1 Å². The number of rotatable bonds is 3. The molecule has 4 nitrogen and oxygen atoms in total. The van der Waals surface area contributed by atoms with Crippen LogP contribution in [0.4, 0.5) is 4.39 Å². The molecule has 2 fully saturated rings. The summed E-state index contributed by atoms with van der Waals surface area (Å²) in [6.07, 6.45) is 2.09. The highest BCUT2D eigenvalue weighted by molar-refractivity contribution is 5.95. The van der Waals surface area contributed by atoms with Gasteiger partial charge in [0.05, 0.1) is 16.9 Å². The van der Waals surface area contributed by atoms with Crippen LogP contribution < -0.4 is 0 Å². The number of aromatic nitrogens is 2. The van der Waals surface area contributed by atoms with Gasteiger partial charge in [0.1, 0.15) is 5.82 Å². The standard InChI is InChI=1S/C24H24FN3O/c1-16-7-3-6-10-21(16)28-22(11-17(2)26-28)18-12-24(13-18)14-27(15-24)23(29)19-8-4-5-9-20(19)25/h3-11,18H,12-15H2,1-2H3. The van der Waals surface area contributed by atoms with Crippen LogP contribution in [-0.4, -0.2) is 33.7 Å². The molecule has 1 saturated heterocycles. The molecule has 0 bridgehead atoms. The van der Waals surface area contributed by atoms with Crippen molar-refractivity contribution in [1.82, 2.24) is 14.7 Å². The number of aryl methyl sites for hydroxylation is 2. The summed E-state index contributed by atoms with van der Waals surface area (Å²) in [5.41, 5.74) is 4.96. The molecule has 148 valence electrons. The Bertz CT molecular complexity index is 1090. The van der Waals surface area contributed by atoms with Gasteiger partial charge in [0, 0.05) is 30.1 Å². The van der Waals surface area contributed by atoms with Gasteiger partial charge >= 0.3 is 0 Å². The van der Waals surface area contributed by atoms with Crippen molar-refractivity contribution in [2.45, 2.75) is 32.6 Å². The summed E-state index contributed by atoms with van der Waals surface area (Å²) in [4.78, 5) is 14.4. The highest BCUT2D eigenvalue weighted by Gasteiger charge is 2.54. The van der Waals surface area contributed by atoms with Gasteiger partial charge in [-0.05, 0) is 56.5 Å². The fraction of sp³-hybridized carbons (Fsp3) is 0.333. The van der Waals surface area contributed by atoms with Crippen LogP contribution in [0.5, 0.6) is 0 Å². The lowest BCUT2D eigenvalue weighted by Gasteiger charge is -2.59. The monoisotopic (exact) mass is 389 g/mol. The topological polar surface area (TPSA) is 38.1 Å². The van der Waals surface area contributed by atoms with E-state index in [4.69, 9.17) is 5.10 Å². The Morgan fingerprint density at radius 2 is 1.76 bits per heavy atom. The molecule has 1 amide bonds. The molecule has 1 spiro atoms. The quantitative estimate of drug-likeness (QED) is 0.654. The minimum atomic E-state index is -0.442. The van der Waals surface area contributed by atoms with Crippen LogP contribution in [0.1, 0.15) is 46.1 Å². The number of amides is 1. The smallest absolute Gasteiger partial charge is 0.256 e. The first-order chi connectivity index (χ1) is 14.0. The van der Waals surface area contributed by atoms with Gasteiger partial charge in [-0.2, -0.15) is 5.10 Å². The third-order valence-electron chi connectivity index (χ3n) is 6.42. The molecular formula is C24H24FN3O. The number of para-hydroxylation sites is 1. The van der Waals surface area contributed by atoms with Crippen LogP contribution in [0.15, 0.2) is 54.6 Å². The van der Waals surface area contributed by atoms with E-state index in [2.05, 4.69) is 29.8 Å². The van der Waals surface area contributed by atoms with Gasteiger partial charge in [0.15, 0.2) is 0 Å². The van der Waals surface area contributed by atoms with E-state index in [1.54, 1.807) is 23.1 Å². The molecule has 2 aromatic carbocycles. The maximum absolute atomic E-state index is 13.9. The second-order valence-electron chi connectivity index (χ2n) is 8.66. The Kier molecular flexibility index (Phi) is 4.09. The average Bonchev–Trinajstić information content (AvgIpc) is 3.01. The summed E-state index contributed by atoms with van der Waals surface area (Å²) in [5, 5.41) is 4.74. The molecule has 5 rings (SSSR count). The van der Waals surface area contributed by atoms with Crippen molar-refractivity contribution in [3.8, 4) is 5.69 Å². The highest BCUT2D eigenvalue weighted by Crippen LogP contribution is 2.56. The predicted molar refractivity (Wildman–Crippen MR) is 110 cm³/mol. The molecule has 0 N–H and O–H groups in total. The summed E-state index contributed by atoms with van der Waals surface area (Å²) < 4.78 is 16.0. The summed E-state index contributed by atoms with van der Waals surface area (Å²) >= 11 is 0. The highest BCUT2D eigenvalue weighted by atomic mass is 19.1. The van der Waals surface area contributed by atoms with Crippen molar-refractivity contribution in [2.75, 3.05) is 13.1 Å². The molecular weight excluding hydrogens is 365 g/mol. The summed E-state index contributed by atoms with van der Waals surface area (Å²) in [7, 11) is 0. The molecule has 0 atom stereocenters. The van der Waals surface area contributed by atoms with Crippen LogP contribution in [-0.2, 0) is 0 Å². The lowest BCUT2D eigenvalue weighted by Crippen LogP contribution is -2.63. The Labute approximate surface area is 170 Å². The molecule has 29 heavy (non-hydrogen) atoms. The van der Waals surface area contributed by atoms with E-state index in [-0.39, 0.29) is 16.9 Å². The third kappa shape index (κ3) is 2.96. The minimum absolute atomic E-state index is 0.173. The number of hydrogen-bond donors (Lipinski definition) is 0. The first-order valence-corrected chi connectivity index (χ1v) is 10.1. The first kappa shape index (κ1) is 18.1. The van der Waals surface area contributed by atoms with Crippen molar-refractivity contribution in [1.29, 1.82) is 0 Å². The average molecular weight is 389 g/mol. The summed E-state index contributed by atoms with van der Waals surface area (Å²) in [5.74, 6) is -0.193. The number of halogens is 1. The molecule has 2 aliphatic rings. The molecule has 1 aliphatic carbocycles. The SMILES string of the molecule is Cc1cc(C2CC3(C2)CN(C(=O)c2ccccc2F)C3)n(-c2ccccc2C)n1. The first-order valence-electron chi connectivity index (χ1n) is 10.1. The number of benzene rings is 2. The Morgan fingerprint density at radius 3 is 2.48 bits per heavy atom. The number of hydrogen-bond acceptors (Lipinski definition) is 2. The Balaban J connectivity index is 1.29. The number of likely N-dealkylation sites (tertiary alicyclic amines) is 1. The van der Waals surface area contributed by atoms with Crippen molar-refractivity contribution in [3.05, 3.63) is 82.9 Å². The minimum Gasteiger partial charge on any atom is -0.337 e. The maximum atomic E-state index is 13.9. The van der Waals surface area contributed by atoms with Crippen LogP contribution in [0.2, 0.25) is 0 Å². The molecule has 3 aromatic rings. The Hall–Kier alpha value is -2.95. The van der Waals surface area contributed by atoms with Gasteiger partial charge < -0.3 is 4.90 Å². The van der Waals surface area contributed by atoms with Crippen molar-refractivity contribution in [2.24, 2.45) is 5.41 Å². The van der Waals surface area contributed by atoms with Crippen LogP contribution in [0, 0.1) is 25.1 Å². The number of carbonyl (C=O) groups is 1. The van der Waals surface area contributed by atoms with E-state index in [1.165, 1.54) is 17.3 Å². The normalized spacial score (nSPS) is 17.8. The second-order valence-corrected chi connectivity index (χ2v) is 8.66. The second kappa shape index (κ2) is 6.55. The summed E-state index contributed by atoms with van der Waals surface area (Å²) in [6, 6.07) is 16.7. The van der Waals surface area contributed by atoms with Gasteiger partial charge in [-0.25, -0.2) is 9.07 Å². The fourth-order valence-corrected chi connectivity index (χ4v) is 4.97. The largest absolute Gasteiger partial charge is 0.337 e. The van der Waals surface area contributed by atoms with Gasteiger partial charge in [-0.15, -0.1) is 0 Å². The number of nitrogens with zero attached hydrogens (tertiary/aromatic N) is 3. The van der Waals surface area contributed by atoms with Crippen molar-refractivity contribution >= 4 is 5.91 Å². The van der Waals surface area contributed by atoms with Gasteiger partial charge in [-0.3, -0.25) is 4.79 Å². The van der Waals surface area contributed by atoms with Gasteiger partial charge in [-0.1, -0.05) is 30.3 Å². The van der Waals surface area contributed by atoms with E-state index in [0.29, 0.717) is 19.0 Å². The fourth-order valence-electron chi connectivity index (χ4n) is 4.97. The number of carbonyl (C=O) groups excluding carboxylic acids is 1. The van der Waals surface area contributed by atoms with Crippen LogP contribution in [0.3, 0.4) is 0 Å². The zero-order chi connectivity index (χ0) is 20.2. The van der Waals surface area contributed by atoms with Gasteiger partial charge in [0.2, 0.25) is 0 Å². The molecule has 1 saturated carbocycles. The van der Waals surface area contributed by atoms with E-state index < -0.39 is 5.82 Å². The van der Waals surface area contributed by atoms with Gasteiger partial charge in [0.25, 0.3) is 5.91 Å². The van der Waals surface area contributed by atoms with E-state index in [0.717, 1.165) is 24.2 Å². The molecule has 1 aliphatic heterocycles. The predicted octanol–water partition coefficient (Wildman–Crippen LogP) is 4.65. The lowest BCUT2D eigenvalue weighted by molar-refractivity contribution is -0.0567. The molecule has 0 radical (unpaired) electrons. The van der Waals surface area contributed by atoms with E-state index in [9.17, 15) is 9.18 Å². The summed E-state index contributed by atoms with van der Waals surface area (Å²) in [6.45, 7) is 5.57. The molecule has 1 aromatic heterocycles. The maximum Gasteiger partial charge on any atom is 0.256 e. The molecule has 2 heterocycles. The third-order valence-corrected chi connectivity index (χ3v) is 6.42. The molecule has 5 heteroatoms. The lowest BCUT2D eigenvalue weighted by atomic mass is 9.57. The van der Waals surface area contributed by atoms with Crippen molar-refractivity contribution in [3.63, 3.8) is 0 Å². The van der Waals surface area contributed by atoms with Crippen LogP contribution >= 0.6 is 0 Å². The zero-order valence-corrected chi connectivity index (χ0v) is 16.7. The molecule has 0 unspecified atom stereocenters. The zero-order valence-electron chi connectivity index (χ0n) is 16.7.